The van der Waals surface area contributed by atoms with Crippen LogP contribution in [0.4, 0.5) is 5.69 Å². The monoisotopic (exact) mass is 165 g/mol. The molecule has 0 saturated carbocycles. The van der Waals surface area contributed by atoms with Gasteiger partial charge >= 0.3 is 0 Å². The molecule has 1 rings (SSSR count). The zero-order chi connectivity index (χ0) is 8.97. The first-order valence-corrected chi connectivity index (χ1v) is 4.10. The lowest BCUT2D eigenvalue weighted by Crippen LogP contribution is -2.09. The van der Waals surface area contributed by atoms with Gasteiger partial charge < -0.3 is 10.5 Å². The average molecular weight is 165 g/mol. The smallest absolute Gasteiger partial charge is 0.0584 e. The van der Waals surface area contributed by atoms with Gasteiger partial charge in [0.1, 0.15) is 0 Å². The highest BCUT2D eigenvalue weighted by Gasteiger charge is 2.03. The molecule has 1 aromatic rings. The number of hydrogen-bond acceptors (Lipinski definition) is 2. The van der Waals surface area contributed by atoms with Gasteiger partial charge in [-0.05, 0) is 18.6 Å². The van der Waals surface area contributed by atoms with E-state index in [0.29, 0.717) is 0 Å². The normalized spacial score (nSPS) is 12.8. The van der Waals surface area contributed by atoms with Crippen molar-refractivity contribution < 1.29 is 4.74 Å². The van der Waals surface area contributed by atoms with Gasteiger partial charge in [-0.3, -0.25) is 0 Å². The molecule has 12 heavy (non-hydrogen) atoms. The summed E-state index contributed by atoms with van der Waals surface area (Å²) >= 11 is 0. The van der Waals surface area contributed by atoms with Gasteiger partial charge in [0.05, 0.1) is 6.10 Å². The summed E-state index contributed by atoms with van der Waals surface area (Å²) in [5, 5.41) is 0. The second-order valence-corrected chi connectivity index (χ2v) is 2.95. The molecule has 0 aliphatic heterocycles. The lowest BCUT2D eigenvalue weighted by molar-refractivity contribution is 0.119. The number of ether oxygens (including phenoxy) is 1. The molecule has 66 valence electrons. The number of para-hydroxylation sites is 1. The van der Waals surface area contributed by atoms with Crippen LogP contribution in [0.2, 0.25) is 0 Å². The Balaban J connectivity index is 2.69. The third-order valence-electron chi connectivity index (χ3n) is 1.96. The van der Waals surface area contributed by atoms with Gasteiger partial charge in [0, 0.05) is 19.2 Å². The summed E-state index contributed by atoms with van der Waals surface area (Å²) in [4.78, 5) is 0. The lowest BCUT2D eigenvalue weighted by Gasteiger charge is -2.10. The third kappa shape index (κ3) is 2.24. The minimum atomic E-state index is 0.231. The fraction of sp³-hybridized carbons (Fsp3) is 0.400. The maximum absolute atomic E-state index is 5.77. The molecular weight excluding hydrogens is 150 g/mol. The van der Waals surface area contributed by atoms with Crippen LogP contribution >= 0.6 is 0 Å². The summed E-state index contributed by atoms with van der Waals surface area (Å²) in [7, 11) is 1.71. The molecule has 2 N–H and O–H groups in total. The van der Waals surface area contributed by atoms with E-state index in [-0.39, 0.29) is 6.10 Å². The molecule has 1 atom stereocenters. The van der Waals surface area contributed by atoms with Crippen molar-refractivity contribution in [2.45, 2.75) is 19.4 Å². The summed E-state index contributed by atoms with van der Waals surface area (Å²) in [6, 6.07) is 7.88. The number of nitrogens with two attached hydrogens (primary N) is 1. The van der Waals surface area contributed by atoms with Crippen LogP contribution in [0.3, 0.4) is 0 Å². The number of methoxy groups -OCH3 is 1. The molecule has 0 saturated heterocycles. The standard InChI is InChI=1S/C10H15NO/c1-8(12-2)7-9-5-3-4-6-10(9)11/h3-6,8H,7,11H2,1-2H3. The van der Waals surface area contributed by atoms with Crippen molar-refractivity contribution in [2.75, 3.05) is 12.8 Å². The second kappa shape index (κ2) is 4.12. The van der Waals surface area contributed by atoms with Crippen molar-refractivity contribution in [2.24, 2.45) is 0 Å². The molecule has 1 aromatic carbocycles. The third-order valence-corrected chi connectivity index (χ3v) is 1.96. The van der Waals surface area contributed by atoms with Crippen LogP contribution in [0.15, 0.2) is 24.3 Å². The van der Waals surface area contributed by atoms with E-state index in [1.807, 2.05) is 31.2 Å². The number of anilines is 1. The van der Waals surface area contributed by atoms with Gasteiger partial charge in [0.2, 0.25) is 0 Å². The molecule has 0 amide bonds. The fourth-order valence-corrected chi connectivity index (χ4v) is 1.11. The maximum atomic E-state index is 5.77. The number of benzene rings is 1. The van der Waals surface area contributed by atoms with E-state index in [1.165, 1.54) is 0 Å². The maximum Gasteiger partial charge on any atom is 0.0584 e. The Kier molecular flexibility index (Phi) is 3.11. The van der Waals surface area contributed by atoms with Crippen molar-refractivity contribution in [3.8, 4) is 0 Å². The Morgan fingerprint density at radius 1 is 1.42 bits per heavy atom. The molecule has 0 radical (unpaired) electrons. The highest BCUT2D eigenvalue weighted by Crippen LogP contribution is 2.13. The first-order valence-electron chi connectivity index (χ1n) is 4.10. The van der Waals surface area contributed by atoms with Gasteiger partial charge in [-0.15, -0.1) is 0 Å². The van der Waals surface area contributed by atoms with E-state index in [9.17, 15) is 0 Å². The molecule has 0 spiro atoms. The van der Waals surface area contributed by atoms with Crippen LogP contribution in [0, 0.1) is 0 Å². The van der Waals surface area contributed by atoms with Crippen LogP contribution in [-0.2, 0) is 11.2 Å². The minimum Gasteiger partial charge on any atom is -0.399 e. The first-order chi connectivity index (χ1) is 5.74. The summed E-state index contributed by atoms with van der Waals surface area (Å²) in [5.74, 6) is 0. The molecule has 0 aromatic heterocycles. The zero-order valence-corrected chi connectivity index (χ0v) is 7.58. The van der Waals surface area contributed by atoms with E-state index in [4.69, 9.17) is 10.5 Å². The van der Waals surface area contributed by atoms with Crippen molar-refractivity contribution in [1.29, 1.82) is 0 Å². The Hall–Kier alpha value is -1.02. The van der Waals surface area contributed by atoms with Crippen molar-refractivity contribution in [1.82, 2.24) is 0 Å². The topological polar surface area (TPSA) is 35.2 Å². The van der Waals surface area contributed by atoms with E-state index in [2.05, 4.69) is 0 Å². The van der Waals surface area contributed by atoms with Crippen LogP contribution in [-0.4, -0.2) is 13.2 Å². The number of nitrogen functional groups attached to an aromatic ring is 1. The van der Waals surface area contributed by atoms with Gasteiger partial charge in [0.15, 0.2) is 0 Å². The number of hydrogen-bond donors (Lipinski definition) is 1. The summed E-state index contributed by atoms with van der Waals surface area (Å²) in [6.45, 7) is 2.03. The highest BCUT2D eigenvalue weighted by molar-refractivity contribution is 5.46. The Morgan fingerprint density at radius 2 is 2.08 bits per heavy atom. The molecular formula is C10H15NO. The molecule has 0 heterocycles. The minimum absolute atomic E-state index is 0.231. The molecule has 0 fully saturated rings. The predicted molar refractivity (Wildman–Crippen MR) is 51.0 cm³/mol. The van der Waals surface area contributed by atoms with E-state index >= 15 is 0 Å². The molecule has 0 bridgehead atoms. The van der Waals surface area contributed by atoms with E-state index < -0.39 is 0 Å². The zero-order valence-electron chi connectivity index (χ0n) is 7.58. The van der Waals surface area contributed by atoms with Crippen LogP contribution in [0.25, 0.3) is 0 Å². The van der Waals surface area contributed by atoms with E-state index in [1.54, 1.807) is 7.11 Å². The molecule has 2 nitrogen and oxygen atoms in total. The Bertz CT molecular complexity index is 247. The SMILES string of the molecule is COC(C)Cc1ccccc1N. The second-order valence-electron chi connectivity index (χ2n) is 2.95. The molecule has 2 heteroatoms. The van der Waals surface area contributed by atoms with E-state index in [0.717, 1.165) is 17.7 Å². The molecule has 1 unspecified atom stereocenters. The Labute approximate surface area is 73.3 Å². The highest BCUT2D eigenvalue weighted by atomic mass is 16.5. The summed E-state index contributed by atoms with van der Waals surface area (Å²) in [6.07, 6.45) is 1.11. The quantitative estimate of drug-likeness (QED) is 0.694. The lowest BCUT2D eigenvalue weighted by atomic mass is 10.1. The van der Waals surface area contributed by atoms with Gasteiger partial charge in [-0.1, -0.05) is 18.2 Å². The summed E-state index contributed by atoms with van der Waals surface area (Å²) in [5.41, 5.74) is 7.78. The largest absolute Gasteiger partial charge is 0.399 e. The summed E-state index contributed by atoms with van der Waals surface area (Å²) < 4.78 is 5.15. The van der Waals surface area contributed by atoms with Crippen LogP contribution in [0.1, 0.15) is 12.5 Å². The number of rotatable bonds is 3. The Morgan fingerprint density at radius 3 is 2.67 bits per heavy atom. The van der Waals surface area contributed by atoms with Crippen LogP contribution in [0.5, 0.6) is 0 Å². The van der Waals surface area contributed by atoms with Crippen LogP contribution < -0.4 is 5.73 Å². The van der Waals surface area contributed by atoms with Gasteiger partial charge in [-0.25, -0.2) is 0 Å². The first kappa shape index (κ1) is 9.07. The van der Waals surface area contributed by atoms with Crippen molar-refractivity contribution in [3.63, 3.8) is 0 Å². The van der Waals surface area contributed by atoms with Crippen molar-refractivity contribution >= 4 is 5.69 Å². The molecule has 0 aliphatic rings. The van der Waals surface area contributed by atoms with Gasteiger partial charge in [-0.2, -0.15) is 0 Å². The van der Waals surface area contributed by atoms with Gasteiger partial charge in [0.25, 0.3) is 0 Å². The molecule has 0 aliphatic carbocycles. The predicted octanol–water partition coefficient (Wildman–Crippen LogP) is 1.85. The van der Waals surface area contributed by atoms with Crippen molar-refractivity contribution in [3.05, 3.63) is 29.8 Å². The average Bonchev–Trinajstić information content (AvgIpc) is 2.09. The fourth-order valence-electron chi connectivity index (χ4n) is 1.11.